The van der Waals surface area contributed by atoms with Crippen LogP contribution >= 0.6 is 23.2 Å². The van der Waals surface area contributed by atoms with Crippen molar-refractivity contribution in [3.8, 4) is 0 Å². The standard InChI is InChI=1S/C17H14Cl2N2O2/c1-9-5-10(18)6-14(19)13(9)8-21-17(23)12-7-15(22)16-11(12)3-2-4-20-16/h2-6,12H,7-8H2,1H3,(H,21,23). The molecule has 1 aliphatic rings. The molecular weight excluding hydrogens is 335 g/mol. The van der Waals surface area contributed by atoms with E-state index in [4.69, 9.17) is 23.2 Å². The van der Waals surface area contributed by atoms with Crippen molar-refractivity contribution in [3.63, 3.8) is 0 Å². The summed E-state index contributed by atoms with van der Waals surface area (Å²) < 4.78 is 0. The van der Waals surface area contributed by atoms with E-state index in [2.05, 4.69) is 10.3 Å². The number of hydrogen-bond acceptors (Lipinski definition) is 3. The lowest BCUT2D eigenvalue weighted by molar-refractivity contribution is -0.122. The zero-order chi connectivity index (χ0) is 16.6. The molecule has 0 radical (unpaired) electrons. The molecule has 1 aromatic heterocycles. The molecule has 1 N–H and O–H groups in total. The third-order valence-corrected chi connectivity index (χ3v) is 4.56. The van der Waals surface area contributed by atoms with E-state index < -0.39 is 5.92 Å². The Morgan fingerprint density at radius 3 is 2.91 bits per heavy atom. The number of Topliss-reactive ketones (excluding diaryl/α,β-unsaturated/α-hetero) is 1. The van der Waals surface area contributed by atoms with Gasteiger partial charge in [-0.1, -0.05) is 29.3 Å². The molecule has 118 valence electrons. The lowest BCUT2D eigenvalue weighted by Crippen LogP contribution is -2.28. The Hall–Kier alpha value is -1.91. The maximum atomic E-state index is 12.5. The van der Waals surface area contributed by atoms with Crippen LogP contribution < -0.4 is 5.32 Å². The van der Waals surface area contributed by atoms with Gasteiger partial charge in [0.2, 0.25) is 5.91 Å². The average molecular weight is 349 g/mol. The number of carbonyl (C=O) groups excluding carboxylic acids is 2. The van der Waals surface area contributed by atoms with Crippen molar-refractivity contribution in [2.45, 2.75) is 25.8 Å². The van der Waals surface area contributed by atoms with Crippen LogP contribution in [0.25, 0.3) is 0 Å². The number of nitrogens with zero attached hydrogens (tertiary/aromatic N) is 1. The molecule has 0 saturated carbocycles. The summed E-state index contributed by atoms with van der Waals surface area (Å²) in [6.45, 7) is 2.18. The van der Waals surface area contributed by atoms with Crippen LogP contribution in [-0.2, 0) is 11.3 Å². The molecule has 0 spiro atoms. The molecule has 2 aromatic rings. The van der Waals surface area contributed by atoms with Crippen LogP contribution in [-0.4, -0.2) is 16.7 Å². The SMILES string of the molecule is Cc1cc(Cl)cc(Cl)c1CNC(=O)C1CC(=O)c2ncccc21. The van der Waals surface area contributed by atoms with Crippen LogP contribution in [0.5, 0.6) is 0 Å². The quantitative estimate of drug-likeness (QED) is 0.920. The van der Waals surface area contributed by atoms with Gasteiger partial charge in [0, 0.05) is 29.2 Å². The van der Waals surface area contributed by atoms with Gasteiger partial charge in [0.1, 0.15) is 5.69 Å². The van der Waals surface area contributed by atoms with E-state index in [1.807, 2.05) is 6.92 Å². The highest BCUT2D eigenvalue weighted by atomic mass is 35.5. The summed E-state index contributed by atoms with van der Waals surface area (Å²) in [6.07, 6.45) is 1.72. The van der Waals surface area contributed by atoms with Crippen LogP contribution in [0.1, 0.15) is 39.5 Å². The lowest BCUT2D eigenvalue weighted by atomic mass is 10.0. The van der Waals surface area contributed by atoms with Gasteiger partial charge in [-0.2, -0.15) is 0 Å². The molecule has 1 heterocycles. The van der Waals surface area contributed by atoms with E-state index >= 15 is 0 Å². The predicted octanol–water partition coefficient (Wildman–Crippen LogP) is 3.68. The molecule has 1 aliphatic carbocycles. The van der Waals surface area contributed by atoms with Crippen LogP contribution in [0.4, 0.5) is 0 Å². The van der Waals surface area contributed by atoms with Crippen molar-refractivity contribution < 1.29 is 9.59 Å². The molecular formula is C17H14Cl2N2O2. The van der Waals surface area contributed by atoms with Crippen LogP contribution in [0, 0.1) is 6.92 Å². The molecule has 1 atom stereocenters. The number of amides is 1. The molecule has 4 nitrogen and oxygen atoms in total. The van der Waals surface area contributed by atoms with Crippen molar-refractivity contribution >= 4 is 34.9 Å². The van der Waals surface area contributed by atoms with E-state index in [1.165, 1.54) is 0 Å². The van der Waals surface area contributed by atoms with Crippen molar-refractivity contribution in [1.82, 2.24) is 10.3 Å². The Balaban J connectivity index is 1.76. The lowest BCUT2D eigenvalue weighted by Gasteiger charge is -2.14. The highest BCUT2D eigenvalue weighted by Gasteiger charge is 2.35. The molecule has 0 saturated heterocycles. The number of pyridine rings is 1. The molecule has 6 heteroatoms. The average Bonchev–Trinajstić information content (AvgIpc) is 2.84. The zero-order valence-corrected chi connectivity index (χ0v) is 13.9. The Morgan fingerprint density at radius 1 is 1.39 bits per heavy atom. The Bertz CT molecular complexity index is 782. The number of carbonyl (C=O) groups is 2. The van der Waals surface area contributed by atoms with Crippen molar-refractivity contribution in [2.24, 2.45) is 0 Å². The number of benzene rings is 1. The maximum absolute atomic E-state index is 12.5. The van der Waals surface area contributed by atoms with Gasteiger partial charge in [-0.05, 0) is 41.8 Å². The Kier molecular flexibility index (Phi) is 4.37. The monoisotopic (exact) mass is 348 g/mol. The summed E-state index contributed by atoms with van der Waals surface area (Å²) in [4.78, 5) is 28.4. The number of ketones is 1. The van der Waals surface area contributed by atoms with Gasteiger partial charge in [0.05, 0.1) is 5.92 Å². The van der Waals surface area contributed by atoms with Crippen molar-refractivity contribution in [3.05, 3.63) is 62.9 Å². The molecule has 0 aliphatic heterocycles. The van der Waals surface area contributed by atoms with E-state index in [0.29, 0.717) is 27.8 Å². The van der Waals surface area contributed by atoms with Crippen LogP contribution in [0.3, 0.4) is 0 Å². The first-order valence-corrected chi connectivity index (χ1v) is 7.93. The smallest absolute Gasteiger partial charge is 0.228 e. The second-order valence-corrected chi connectivity index (χ2v) is 6.37. The van der Waals surface area contributed by atoms with Gasteiger partial charge >= 0.3 is 0 Å². The fourth-order valence-corrected chi connectivity index (χ4v) is 3.47. The molecule has 23 heavy (non-hydrogen) atoms. The van der Waals surface area contributed by atoms with Crippen LogP contribution in [0.15, 0.2) is 30.5 Å². The van der Waals surface area contributed by atoms with E-state index in [1.54, 1.807) is 30.5 Å². The van der Waals surface area contributed by atoms with Gasteiger partial charge in [0.15, 0.2) is 5.78 Å². The number of aryl methyl sites for hydroxylation is 1. The zero-order valence-electron chi connectivity index (χ0n) is 12.4. The van der Waals surface area contributed by atoms with Crippen LogP contribution in [0.2, 0.25) is 10.0 Å². The number of halogens is 2. The second-order valence-electron chi connectivity index (χ2n) is 5.52. The van der Waals surface area contributed by atoms with E-state index in [-0.39, 0.29) is 18.1 Å². The van der Waals surface area contributed by atoms with Crippen molar-refractivity contribution in [2.75, 3.05) is 0 Å². The summed E-state index contributed by atoms with van der Waals surface area (Å²) >= 11 is 12.1. The normalized spacial score (nSPS) is 16.3. The predicted molar refractivity (Wildman–Crippen MR) is 89.0 cm³/mol. The fourth-order valence-electron chi connectivity index (χ4n) is 2.81. The van der Waals surface area contributed by atoms with E-state index in [0.717, 1.165) is 11.1 Å². The molecule has 1 unspecified atom stereocenters. The van der Waals surface area contributed by atoms with E-state index in [9.17, 15) is 9.59 Å². The van der Waals surface area contributed by atoms with Gasteiger partial charge in [-0.3, -0.25) is 14.6 Å². The van der Waals surface area contributed by atoms with Gasteiger partial charge in [-0.25, -0.2) is 0 Å². The number of hydrogen-bond donors (Lipinski definition) is 1. The minimum atomic E-state index is -0.488. The summed E-state index contributed by atoms with van der Waals surface area (Å²) in [5.41, 5.74) is 2.81. The third-order valence-electron chi connectivity index (χ3n) is 4.01. The first-order valence-electron chi connectivity index (χ1n) is 7.17. The fraction of sp³-hybridized carbons (Fsp3) is 0.235. The molecule has 0 fully saturated rings. The van der Waals surface area contributed by atoms with Gasteiger partial charge in [0.25, 0.3) is 0 Å². The minimum Gasteiger partial charge on any atom is -0.351 e. The first kappa shape index (κ1) is 16.0. The number of aromatic nitrogens is 1. The molecule has 1 aromatic carbocycles. The summed E-state index contributed by atoms with van der Waals surface area (Å²) in [5.74, 6) is -0.783. The first-order chi connectivity index (χ1) is 11.0. The number of fused-ring (bicyclic) bond motifs is 1. The summed E-state index contributed by atoms with van der Waals surface area (Å²) in [5, 5.41) is 3.93. The Morgan fingerprint density at radius 2 is 2.17 bits per heavy atom. The number of rotatable bonds is 3. The topological polar surface area (TPSA) is 59.1 Å². The molecule has 1 amide bonds. The molecule has 3 rings (SSSR count). The molecule has 0 bridgehead atoms. The largest absolute Gasteiger partial charge is 0.351 e. The highest BCUT2D eigenvalue weighted by molar-refractivity contribution is 6.35. The summed E-state index contributed by atoms with van der Waals surface area (Å²) in [6, 6.07) is 6.96. The van der Waals surface area contributed by atoms with Gasteiger partial charge in [-0.15, -0.1) is 0 Å². The highest BCUT2D eigenvalue weighted by Crippen LogP contribution is 2.32. The summed E-state index contributed by atoms with van der Waals surface area (Å²) in [7, 11) is 0. The minimum absolute atomic E-state index is 0.0959. The maximum Gasteiger partial charge on any atom is 0.228 e. The third kappa shape index (κ3) is 3.09. The number of nitrogens with one attached hydrogen (secondary N) is 1. The van der Waals surface area contributed by atoms with Gasteiger partial charge < -0.3 is 5.32 Å². The second kappa shape index (κ2) is 6.30. The van der Waals surface area contributed by atoms with Crippen molar-refractivity contribution in [1.29, 1.82) is 0 Å². The Labute approximate surface area is 143 Å².